The number of carbonyl (C=O) groups excluding carboxylic acids is 3. The van der Waals surface area contributed by atoms with Crippen molar-refractivity contribution >= 4 is 62.3 Å². The van der Waals surface area contributed by atoms with E-state index in [4.69, 9.17) is 5.73 Å². The highest BCUT2D eigenvalue weighted by atomic mass is 32.1. The second-order valence-corrected chi connectivity index (χ2v) is 6.61. The maximum absolute atomic E-state index is 12.1. The Morgan fingerprint density at radius 3 is 1.57 bits per heavy atom. The summed E-state index contributed by atoms with van der Waals surface area (Å²) in [5, 5.41) is 10.3. The van der Waals surface area contributed by atoms with Crippen molar-refractivity contribution in [2.24, 2.45) is 16.0 Å². The zero-order chi connectivity index (χ0) is 22.3. The monoisotopic (exact) mass is 456 g/mol. The minimum atomic E-state index is -0.900. The van der Waals surface area contributed by atoms with Crippen LogP contribution in [0.5, 0.6) is 0 Å². The van der Waals surface area contributed by atoms with Gasteiger partial charge in [0.15, 0.2) is 0 Å². The van der Waals surface area contributed by atoms with Crippen LogP contribution in [-0.2, 0) is 28.7 Å². The van der Waals surface area contributed by atoms with Crippen LogP contribution in [0.25, 0.3) is 0 Å². The van der Waals surface area contributed by atoms with Crippen LogP contribution in [0.3, 0.4) is 0 Å². The van der Waals surface area contributed by atoms with Crippen molar-refractivity contribution in [3.63, 3.8) is 0 Å². The lowest BCUT2D eigenvalue weighted by atomic mass is 10.3. The number of nitrogens with two attached hydrogens (primary N) is 1. The van der Waals surface area contributed by atoms with Gasteiger partial charge in [0.2, 0.25) is 21.7 Å². The molecule has 0 unspecified atom stereocenters. The summed E-state index contributed by atoms with van der Waals surface area (Å²) in [5.74, 6) is -1.57. The maximum atomic E-state index is 12.1. The number of aromatic nitrogens is 2. The van der Waals surface area contributed by atoms with Gasteiger partial charge in [0.25, 0.3) is 0 Å². The normalized spacial score (nSPS) is 11.6. The van der Waals surface area contributed by atoms with E-state index >= 15 is 0 Å². The zero-order valence-corrected chi connectivity index (χ0v) is 17.8. The van der Waals surface area contributed by atoms with E-state index in [2.05, 4.69) is 39.4 Å². The molecule has 0 saturated heterocycles. The molecule has 2 aromatic heterocycles. The summed E-state index contributed by atoms with van der Waals surface area (Å²) in [6, 6.07) is -0.900. The van der Waals surface area contributed by atoms with Crippen molar-refractivity contribution in [3.8, 4) is 0 Å². The van der Waals surface area contributed by atoms with Crippen molar-refractivity contribution < 1.29 is 33.5 Å². The molecule has 0 bridgehead atoms. The van der Waals surface area contributed by atoms with Gasteiger partial charge in [-0.15, -0.1) is 22.7 Å². The third-order valence-electron chi connectivity index (χ3n) is 3.19. The minimum Gasteiger partial charge on any atom is -0.464 e. The standard InChI is InChI=1S/C15H16N6O7S2/c1-25-11(22)9(19-27-3)7-5-29-14(17-7)21(13(16)24)15-18-8(6-30-15)10(20-28-4)12(23)26-2/h5-6H,1-4H3,(H2,16,24). The van der Waals surface area contributed by atoms with Gasteiger partial charge >= 0.3 is 18.0 Å². The van der Waals surface area contributed by atoms with E-state index in [9.17, 15) is 14.4 Å². The Balaban J connectivity index is 2.45. The first kappa shape index (κ1) is 22.7. The molecule has 0 saturated carbocycles. The molecule has 2 amide bonds. The second-order valence-electron chi connectivity index (χ2n) is 4.93. The molecule has 0 aromatic carbocycles. The van der Waals surface area contributed by atoms with Gasteiger partial charge in [0, 0.05) is 10.8 Å². The van der Waals surface area contributed by atoms with Crippen molar-refractivity contribution in [2.45, 2.75) is 0 Å². The minimum absolute atomic E-state index is 0.0920. The number of methoxy groups -OCH3 is 2. The van der Waals surface area contributed by atoms with Crippen molar-refractivity contribution in [2.75, 3.05) is 33.3 Å². The molecule has 2 aromatic rings. The molecular weight excluding hydrogens is 440 g/mol. The van der Waals surface area contributed by atoms with Crippen LogP contribution in [0.4, 0.5) is 15.1 Å². The average Bonchev–Trinajstić information content (AvgIpc) is 3.39. The number of primary amides is 1. The molecular formula is C15H16N6O7S2. The Morgan fingerprint density at radius 1 is 0.867 bits per heavy atom. The largest absolute Gasteiger partial charge is 0.464 e. The first-order valence-electron chi connectivity index (χ1n) is 7.78. The molecule has 0 atom stereocenters. The number of esters is 2. The first-order valence-corrected chi connectivity index (χ1v) is 9.54. The smallest absolute Gasteiger partial charge is 0.362 e. The van der Waals surface area contributed by atoms with E-state index in [1.807, 2.05) is 0 Å². The molecule has 160 valence electrons. The number of urea groups is 1. The Bertz CT molecular complexity index is 927. The summed E-state index contributed by atoms with van der Waals surface area (Å²) in [4.78, 5) is 54.5. The lowest BCUT2D eigenvalue weighted by molar-refractivity contribution is -0.133. The van der Waals surface area contributed by atoms with E-state index in [-0.39, 0.29) is 33.1 Å². The molecule has 0 aliphatic carbocycles. The topological polar surface area (TPSA) is 168 Å². The Kier molecular flexibility index (Phi) is 7.76. The van der Waals surface area contributed by atoms with Crippen LogP contribution >= 0.6 is 22.7 Å². The predicted molar refractivity (Wildman–Crippen MR) is 107 cm³/mol. The van der Waals surface area contributed by atoms with Crippen LogP contribution in [0.1, 0.15) is 11.4 Å². The zero-order valence-electron chi connectivity index (χ0n) is 16.1. The molecule has 2 N–H and O–H groups in total. The van der Waals surface area contributed by atoms with Crippen molar-refractivity contribution in [1.29, 1.82) is 0 Å². The van der Waals surface area contributed by atoms with Gasteiger partial charge < -0.3 is 24.9 Å². The molecule has 0 aliphatic rings. The second kappa shape index (κ2) is 10.3. The average molecular weight is 456 g/mol. The number of nitrogens with zero attached hydrogens (tertiary/aromatic N) is 5. The number of hydrogen-bond donors (Lipinski definition) is 1. The molecule has 0 fully saturated rings. The molecule has 30 heavy (non-hydrogen) atoms. The van der Waals surface area contributed by atoms with Gasteiger partial charge in [-0.2, -0.15) is 0 Å². The molecule has 15 heteroatoms. The Labute approximate surface area is 177 Å². The van der Waals surface area contributed by atoms with Gasteiger partial charge in [-0.1, -0.05) is 10.3 Å². The fraction of sp³-hybridized carbons (Fsp3) is 0.267. The SMILES string of the molecule is CON=C(C(=O)OC)c1csc(N(C(N)=O)c2nc(C(=NOC)C(=O)OC)cs2)n1. The Morgan fingerprint density at radius 2 is 1.27 bits per heavy atom. The quantitative estimate of drug-likeness (QED) is 0.344. The highest BCUT2D eigenvalue weighted by molar-refractivity contribution is 7.16. The summed E-state index contributed by atoms with van der Waals surface area (Å²) < 4.78 is 9.27. The number of rotatable bonds is 8. The van der Waals surface area contributed by atoms with Gasteiger partial charge in [-0.3, -0.25) is 0 Å². The number of carbonyl (C=O) groups is 3. The molecule has 0 spiro atoms. The summed E-state index contributed by atoms with van der Waals surface area (Å²) in [5.41, 5.74) is 5.28. The molecule has 0 aliphatic heterocycles. The lowest BCUT2D eigenvalue weighted by Crippen LogP contribution is -2.31. The highest BCUT2D eigenvalue weighted by Gasteiger charge is 2.27. The molecule has 2 rings (SSSR count). The fourth-order valence-corrected chi connectivity index (χ4v) is 3.66. The van der Waals surface area contributed by atoms with Gasteiger partial charge in [-0.05, 0) is 0 Å². The van der Waals surface area contributed by atoms with Gasteiger partial charge in [0.1, 0.15) is 25.6 Å². The summed E-state index contributed by atoms with van der Waals surface area (Å²) in [6.45, 7) is 0. The van der Waals surface area contributed by atoms with Crippen LogP contribution in [0.15, 0.2) is 21.1 Å². The number of anilines is 2. The lowest BCUT2D eigenvalue weighted by Gasteiger charge is -2.13. The van der Waals surface area contributed by atoms with Crippen LogP contribution in [-0.4, -0.2) is 67.8 Å². The maximum Gasteiger partial charge on any atom is 0.362 e. The number of amides is 2. The third kappa shape index (κ3) is 4.87. The summed E-state index contributed by atoms with van der Waals surface area (Å²) in [6.07, 6.45) is 0. The van der Waals surface area contributed by atoms with Gasteiger partial charge in [0.05, 0.1) is 14.2 Å². The van der Waals surface area contributed by atoms with E-state index in [1.165, 1.54) is 39.2 Å². The number of thiazole rings is 2. The van der Waals surface area contributed by atoms with E-state index in [0.717, 1.165) is 27.6 Å². The Hall–Kier alpha value is -3.59. The summed E-state index contributed by atoms with van der Waals surface area (Å²) in [7, 11) is 4.86. The highest BCUT2D eigenvalue weighted by Crippen LogP contribution is 2.31. The predicted octanol–water partition coefficient (Wildman–Crippen LogP) is 0.863. The fourth-order valence-electron chi connectivity index (χ4n) is 1.97. The van der Waals surface area contributed by atoms with Crippen LogP contribution < -0.4 is 10.6 Å². The van der Waals surface area contributed by atoms with E-state index < -0.39 is 18.0 Å². The van der Waals surface area contributed by atoms with Crippen molar-refractivity contribution in [3.05, 3.63) is 22.1 Å². The number of ether oxygens (including phenoxy) is 2. The van der Waals surface area contributed by atoms with E-state index in [1.54, 1.807) is 0 Å². The van der Waals surface area contributed by atoms with Gasteiger partial charge in [-0.25, -0.2) is 29.3 Å². The molecule has 0 radical (unpaired) electrons. The van der Waals surface area contributed by atoms with E-state index in [0.29, 0.717) is 0 Å². The van der Waals surface area contributed by atoms with Crippen molar-refractivity contribution in [1.82, 2.24) is 9.97 Å². The summed E-state index contributed by atoms with van der Waals surface area (Å²) >= 11 is 1.98. The van der Waals surface area contributed by atoms with Crippen LogP contribution in [0.2, 0.25) is 0 Å². The number of hydrogen-bond acceptors (Lipinski definition) is 13. The molecule has 13 nitrogen and oxygen atoms in total. The first-order chi connectivity index (χ1) is 14.4. The molecule has 2 heterocycles. The number of oxime groups is 2. The van der Waals surface area contributed by atoms with Crippen LogP contribution in [0, 0.1) is 0 Å². The third-order valence-corrected chi connectivity index (χ3v) is 4.85.